The Morgan fingerprint density at radius 1 is 0.714 bits per heavy atom. The van der Waals surface area contributed by atoms with Gasteiger partial charge < -0.3 is 25.5 Å². The summed E-state index contributed by atoms with van der Waals surface area (Å²) in [6.07, 6.45) is 0.910. The van der Waals surface area contributed by atoms with Crippen molar-refractivity contribution in [3.8, 4) is 22.8 Å². The zero-order valence-corrected chi connectivity index (χ0v) is 29.8. The number of aryl methyl sites for hydroxylation is 2. The Morgan fingerprint density at radius 2 is 1.14 bits per heavy atom. The highest BCUT2D eigenvalue weighted by Crippen LogP contribution is 2.33. The van der Waals surface area contributed by atoms with Gasteiger partial charge >= 0.3 is 18.3 Å². The van der Waals surface area contributed by atoms with Crippen LogP contribution >= 0.6 is 0 Å². The molecule has 2 aromatic heterocycles. The third kappa shape index (κ3) is 14.0. The molecule has 0 saturated carbocycles. The fourth-order valence-electron chi connectivity index (χ4n) is 5.39. The Balaban J connectivity index is 0.000000257. The van der Waals surface area contributed by atoms with E-state index < -0.39 is 29.4 Å². The first-order valence-electron chi connectivity index (χ1n) is 17.0. The van der Waals surface area contributed by atoms with Crippen molar-refractivity contribution < 1.29 is 51.3 Å². The van der Waals surface area contributed by atoms with Gasteiger partial charge in [0.15, 0.2) is 11.6 Å². The number of aliphatic carboxylic acids is 1. The number of likely N-dealkylation sites (tertiary alicyclic amines) is 1. The molecule has 4 N–H and O–H groups in total. The van der Waals surface area contributed by atoms with E-state index in [1.807, 2.05) is 0 Å². The van der Waals surface area contributed by atoms with Crippen LogP contribution in [0.1, 0.15) is 55.4 Å². The highest BCUT2D eigenvalue weighted by molar-refractivity contribution is 5.90. The maximum Gasteiger partial charge on any atom is 0.416 e. The number of carbonyl (C=O) groups is 2. The topological polar surface area (TPSA) is 172 Å². The second-order valence-electron chi connectivity index (χ2n) is 12.8. The molecule has 0 unspecified atom stereocenters. The molecule has 2 aromatic carbocycles. The number of aliphatic hydroxyl groups excluding tert-OH is 2. The van der Waals surface area contributed by atoms with E-state index >= 15 is 0 Å². The summed E-state index contributed by atoms with van der Waals surface area (Å²) in [5, 5.41) is 38.0. The fraction of sp³-hybridized carbons (Fsp3) is 0.405. The largest absolute Gasteiger partial charge is 0.478 e. The summed E-state index contributed by atoms with van der Waals surface area (Å²) in [4.78, 5) is 32.0. The minimum atomic E-state index is -4.45. The number of halogens is 6. The Labute approximate surface area is 319 Å². The Kier molecular flexibility index (Phi) is 16.0. The van der Waals surface area contributed by atoms with Crippen molar-refractivity contribution in [3.05, 3.63) is 83.5 Å². The zero-order chi connectivity index (χ0) is 40.3. The van der Waals surface area contributed by atoms with E-state index in [2.05, 4.69) is 25.5 Å². The van der Waals surface area contributed by atoms with E-state index in [4.69, 9.17) is 10.2 Å². The molecule has 56 heavy (non-hydrogen) atoms. The summed E-state index contributed by atoms with van der Waals surface area (Å²) in [5.74, 6) is -1.16. The number of carboxylic acids is 1. The minimum absolute atomic E-state index is 0. The summed E-state index contributed by atoms with van der Waals surface area (Å²) in [5.41, 5.74) is -0.191. The minimum Gasteiger partial charge on any atom is -0.478 e. The molecule has 0 bridgehead atoms. The normalized spacial score (nSPS) is 15.5. The quantitative estimate of drug-likeness (QED) is 0.136. The number of rotatable bonds is 6. The molecule has 1 amide bonds. The summed E-state index contributed by atoms with van der Waals surface area (Å²) in [6, 6.07) is 7.15. The van der Waals surface area contributed by atoms with Crippen LogP contribution in [-0.4, -0.2) is 100 Å². The molecule has 0 atom stereocenters. The number of carboxylic acid groups (broad SMARTS) is 1. The van der Waals surface area contributed by atoms with E-state index in [1.165, 1.54) is 35.7 Å². The van der Waals surface area contributed by atoms with Gasteiger partial charge in [0.05, 0.1) is 23.3 Å². The maximum atomic E-state index is 13.0. The Hall–Kier alpha value is -5.40. The lowest BCUT2D eigenvalue weighted by Gasteiger charge is -2.28. The van der Waals surface area contributed by atoms with Crippen molar-refractivity contribution in [1.29, 1.82) is 0 Å². The van der Waals surface area contributed by atoms with Crippen LogP contribution in [-0.2, 0) is 21.9 Å². The average molecular weight is 795 g/mol. The highest BCUT2D eigenvalue weighted by Gasteiger charge is 2.32. The van der Waals surface area contributed by atoms with Gasteiger partial charge in [-0.1, -0.05) is 7.43 Å². The summed E-state index contributed by atoms with van der Waals surface area (Å²) in [6.45, 7) is 6.05. The fourth-order valence-corrected chi connectivity index (χ4v) is 5.39. The van der Waals surface area contributed by atoms with Crippen molar-refractivity contribution in [2.45, 2.75) is 71.5 Å². The van der Waals surface area contributed by atoms with Gasteiger partial charge in [0.25, 0.3) is 0 Å². The molecule has 0 spiro atoms. The number of carbonyl (C=O) groups excluding carboxylic acids is 1. The first kappa shape index (κ1) is 45.0. The molecule has 6 rings (SSSR count). The number of aromatic nitrogens is 6. The van der Waals surface area contributed by atoms with Crippen LogP contribution in [0.15, 0.2) is 61.2 Å². The second kappa shape index (κ2) is 20.0. The van der Waals surface area contributed by atoms with E-state index in [-0.39, 0.29) is 48.3 Å². The lowest BCUT2D eigenvalue weighted by atomic mass is 10.1. The molecule has 0 radical (unpaired) electrons. The number of alkyl halides is 6. The van der Waals surface area contributed by atoms with E-state index in [9.17, 15) is 41.0 Å². The number of amides is 1. The molecule has 13 nitrogen and oxygen atoms in total. The monoisotopic (exact) mass is 794 g/mol. The van der Waals surface area contributed by atoms with E-state index in [1.54, 1.807) is 24.8 Å². The van der Waals surface area contributed by atoms with Crippen LogP contribution in [0.4, 0.5) is 26.3 Å². The molecule has 2 fully saturated rings. The maximum absolute atomic E-state index is 13.0. The van der Waals surface area contributed by atoms with Gasteiger partial charge in [-0.25, -0.2) is 24.1 Å². The summed E-state index contributed by atoms with van der Waals surface area (Å²) < 4.78 is 79.6. The number of hydrogen-bond acceptors (Lipinski definition) is 9. The number of hydrogen-bond donors (Lipinski definition) is 4. The van der Waals surface area contributed by atoms with Gasteiger partial charge in [0.1, 0.15) is 12.7 Å². The molecular formula is C37H44F6N8O5. The summed E-state index contributed by atoms with van der Waals surface area (Å²) in [7, 11) is 0. The van der Waals surface area contributed by atoms with Gasteiger partial charge in [0, 0.05) is 48.8 Å². The number of benzene rings is 2. The standard InChI is InChI=1S/C18H19F3N4O2.C13H10F3N3O2.C5H11NO.CH4/c1-12-8-13(10-14(9-12)18(19,20)21)17-22-11-25(23-17)7-4-16(27)24-5-2-15(26)3-6-24;1-8-4-9(6-10(5-8)13(14,15)16)12-17-7-19(18-12)3-2-11(20)21;7-5-1-3-6-4-2-5;/h4,7-11,15,26H,2-3,5-6H2,1H3;2-7H,1H3,(H,20,21);5-7H,1-4H2;1H4/b7-4-;3-2-;;. The van der Waals surface area contributed by atoms with Crippen LogP contribution in [0.2, 0.25) is 0 Å². The van der Waals surface area contributed by atoms with Gasteiger partial charge in [-0.2, -0.15) is 26.3 Å². The van der Waals surface area contributed by atoms with Crippen LogP contribution in [0.5, 0.6) is 0 Å². The number of nitrogens with one attached hydrogen (secondary N) is 1. The first-order valence-corrected chi connectivity index (χ1v) is 17.0. The lowest BCUT2D eigenvalue weighted by molar-refractivity contribution is -0.138. The van der Waals surface area contributed by atoms with E-state index in [0.717, 1.165) is 67.2 Å². The predicted molar refractivity (Wildman–Crippen MR) is 195 cm³/mol. The third-order valence-electron chi connectivity index (χ3n) is 8.17. The molecule has 304 valence electrons. The molecular weight excluding hydrogens is 750 g/mol. The third-order valence-corrected chi connectivity index (χ3v) is 8.17. The van der Waals surface area contributed by atoms with Gasteiger partial charge in [-0.15, -0.1) is 10.2 Å². The van der Waals surface area contributed by atoms with Crippen LogP contribution in [0.3, 0.4) is 0 Å². The zero-order valence-electron chi connectivity index (χ0n) is 29.8. The van der Waals surface area contributed by atoms with Crippen molar-refractivity contribution in [1.82, 2.24) is 39.7 Å². The number of nitrogens with zero attached hydrogens (tertiary/aromatic N) is 7. The molecule has 2 aliphatic heterocycles. The lowest BCUT2D eigenvalue weighted by Crippen LogP contribution is -2.39. The van der Waals surface area contributed by atoms with Gasteiger partial charge in [0.2, 0.25) is 5.91 Å². The first-order chi connectivity index (χ1) is 25.9. The van der Waals surface area contributed by atoms with Crippen molar-refractivity contribution in [2.75, 3.05) is 26.2 Å². The van der Waals surface area contributed by atoms with Crippen LogP contribution in [0.25, 0.3) is 35.2 Å². The molecule has 2 saturated heterocycles. The highest BCUT2D eigenvalue weighted by atomic mass is 19.4. The van der Waals surface area contributed by atoms with Crippen molar-refractivity contribution in [3.63, 3.8) is 0 Å². The average Bonchev–Trinajstić information content (AvgIpc) is 3.80. The number of aliphatic hydroxyl groups is 2. The summed E-state index contributed by atoms with van der Waals surface area (Å²) >= 11 is 0. The molecule has 4 heterocycles. The number of piperidine rings is 2. The molecule has 2 aliphatic rings. The van der Waals surface area contributed by atoms with Crippen LogP contribution < -0.4 is 5.32 Å². The Bertz CT molecular complexity index is 1960. The smallest absolute Gasteiger partial charge is 0.416 e. The van der Waals surface area contributed by atoms with Gasteiger partial charge in [-0.3, -0.25) is 4.79 Å². The predicted octanol–water partition coefficient (Wildman–Crippen LogP) is 5.92. The van der Waals surface area contributed by atoms with Crippen LogP contribution in [0, 0.1) is 13.8 Å². The van der Waals surface area contributed by atoms with Gasteiger partial charge in [-0.05, 0) is 100 Å². The van der Waals surface area contributed by atoms with Crippen molar-refractivity contribution >= 4 is 24.3 Å². The SMILES string of the molecule is C.Cc1cc(-c2ncn(/C=C\C(=O)N3CCC(O)CC3)n2)cc(C(F)(F)F)c1.Cc1cc(-c2ncn(/C=C\C(=O)O)n2)cc(C(F)(F)F)c1.OC1CCNCC1. The van der Waals surface area contributed by atoms with Crippen molar-refractivity contribution in [2.24, 2.45) is 0 Å². The molecule has 0 aliphatic carbocycles. The van der Waals surface area contributed by atoms with E-state index in [0.29, 0.717) is 37.1 Å². The second-order valence-corrected chi connectivity index (χ2v) is 12.8. The molecule has 4 aromatic rings. The Morgan fingerprint density at radius 3 is 1.54 bits per heavy atom. The molecule has 19 heteroatoms.